The summed E-state index contributed by atoms with van der Waals surface area (Å²) in [5.74, 6) is -1.07. The Bertz CT molecular complexity index is 1020. The Labute approximate surface area is 190 Å². The first-order valence-corrected chi connectivity index (χ1v) is 11.7. The average Bonchev–Trinajstić information content (AvgIpc) is 3.33. The van der Waals surface area contributed by atoms with Gasteiger partial charge in [0.2, 0.25) is 5.91 Å². The first-order valence-electron chi connectivity index (χ1n) is 10.8. The standard InChI is InChI=1S/C25H26F2N2O2S/c26-19-6-4-17(5-7-19)22(18-10-13-32-16-18)14-25(30)29-24-3-1-2-23(27)21(24)9-8-20-15-28-11-12-31-20/h1-7,10,13,16,20,22,28H,8-9,11-12,14-15H2,(H,29,30)/t20-,22+/m1/s1. The third kappa shape index (κ3) is 5.79. The van der Waals surface area contributed by atoms with Crippen LogP contribution in [0.1, 0.15) is 35.4 Å². The number of morpholine rings is 1. The number of hydrogen-bond donors (Lipinski definition) is 2. The zero-order valence-corrected chi connectivity index (χ0v) is 18.5. The van der Waals surface area contributed by atoms with E-state index in [1.54, 1.807) is 35.6 Å². The summed E-state index contributed by atoms with van der Waals surface area (Å²) >= 11 is 1.55. The van der Waals surface area contributed by atoms with Crippen molar-refractivity contribution in [3.63, 3.8) is 0 Å². The monoisotopic (exact) mass is 456 g/mol. The van der Waals surface area contributed by atoms with Crippen LogP contribution < -0.4 is 10.6 Å². The van der Waals surface area contributed by atoms with Crippen molar-refractivity contribution in [2.45, 2.75) is 31.3 Å². The highest BCUT2D eigenvalue weighted by molar-refractivity contribution is 7.08. The van der Waals surface area contributed by atoms with Crippen LogP contribution in [-0.4, -0.2) is 31.7 Å². The van der Waals surface area contributed by atoms with Gasteiger partial charge in [0.1, 0.15) is 11.6 Å². The molecule has 1 aliphatic rings. The largest absolute Gasteiger partial charge is 0.376 e. The summed E-state index contributed by atoms with van der Waals surface area (Å²) in [4.78, 5) is 13.0. The molecule has 1 saturated heterocycles. The number of nitrogens with one attached hydrogen (secondary N) is 2. The smallest absolute Gasteiger partial charge is 0.225 e. The van der Waals surface area contributed by atoms with Crippen molar-refractivity contribution in [1.82, 2.24) is 5.32 Å². The van der Waals surface area contributed by atoms with Crippen molar-refractivity contribution < 1.29 is 18.3 Å². The number of amides is 1. The van der Waals surface area contributed by atoms with Crippen molar-refractivity contribution >= 4 is 22.9 Å². The third-order valence-corrected chi connectivity index (χ3v) is 6.42. The van der Waals surface area contributed by atoms with Crippen LogP contribution in [0.4, 0.5) is 14.5 Å². The number of halogens is 2. The molecule has 0 aliphatic carbocycles. The lowest BCUT2D eigenvalue weighted by Gasteiger charge is -2.24. The number of hydrogen-bond acceptors (Lipinski definition) is 4. The normalized spacial score (nSPS) is 17.1. The molecule has 4 nitrogen and oxygen atoms in total. The third-order valence-electron chi connectivity index (χ3n) is 5.72. The van der Waals surface area contributed by atoms with Crippen LogP contribution in [0.2, 0.25) is 0 Å². The molecule has 168 valence electrons. The molecule has 0 spiro atoms. The van der Waals surface area contributed by atoms with Gasteiger partial charge in [-0.3, -0.25) is 4.79 Å². The lowest BCUT2D eigenvalue weighted by Crippen LogP contribution is -2.38. The number of benzene rings is 2. The number of thiophene rings is 1. The van der Waals surface area contributed by atoms with Gasteiger partial charge in [-0.15, -0.1) is 0 Å². The molecule has 7 heteroatoms. The Morgan fingerprint density at radius 3 is 2.72 bits per heavy atom. The van der Waals surface area contributed by atoms with E-state index in [4.69, 9.17) is 4.74 Å². The molecule has 2 heterocycles. The van der Waals surface area contributed by atoms with E-state index in [2.05, 4.69) is 10.6 Å². The zero-order chi connectivity index (χ0) is 22.3. The predicted molar refractivity (Wildman–Crippen MR) is 123 cm³/mol. The van der Waals surface area contributed by atoms with Crippen molar-refractivity contribution in [3.8, 4) is 0 Å². The lowest BCUT2D eigenvalue weighted by atomic mass is 9.90. The van der Waals surface area contributed by atoms with Crippen LogP contribution in [-0.2, 0) is 16.0 Å². The summed E-state index contributed by atoms with van der Waals surface area (Å²) in [5.41, 5.74) is 2.84. The maximum atomic E-state index is 14.6. The molecule has 0 bridgehead atoms. The fourth-order valence-electron chi connectivity index (χ4n) is 4.02. The summed E-state index contributed by atoms with van der Waals surface area (Å²) in [6, 6.07) is 12.9. The van der Waals surface area contributed by atoms with Gasteiger partial charge in [0.05, 0.1) is 12.7 Å². The van der Waals surface area contributed by atoms with Crippen molar-refractivity contribution in [2.24, 2.45) is 0 Å². The van der Waals surface area contributed by atoms with Crippen LogP contribution >= 0.6 is 11.3 Å². The van der Waals surface area contributed by atoms with E-state index in [1.807, 2.05) is 16.8 Å². The van der Waals surface area contributed by atoms with E-state index < -0.39 is 0 Å². The average molecular weight is 457 g/mol. The minimum atomic E-state index is -0.334. The maximum Gasteiger partial charge on any atom is 0.225 e. The molecule has 2 N–H and O–H groups in total. The Hall–Kier alpha value is -2.61. The van der Waals surface area contributed by atoms with Gasteiger partial charge in [0, 0.05) is 36.7 Å². The van der Waals surface area contributed by atoms with Crippen LogP contribution in [0, 0.1) is 11.6 Å². The van der Waals surface area contributed by atoms with Crippen molar-refractivity contribution in [2.75, 3.05) is 25.0 Å². The van der Waals surface area contributed by atoms with Crippen molar-refractivity contribution in [3.05, 3.63) is 87.6 Å². The van der Waals surface area contributed by atoms with E-state index in [0.717, 1.165) is 24.2 Å². The van der Waals surface area contributed by atoms with Gasteiger partial charge in [-0.2, -0.15) is 11.3 Å². The highest BCUT2D eigenvalue weighted by atomic mass is 32.1. The minimum absolute atomic E-state index is 0.0355. The Morgan fingerprint density at radius 2 is 2.00 bits per heavy atom. The quantitative estimate of drug-likeness (QED) is 0.495. The van der Waals surface area contributed by atoms with Gasteiger partial charge in [-0.25, -0.2) is 8.78 Å². The minimum Gasteiger partial charge on any atom is -0.376 e. The van der Waals surface area contributed by atoms with Crippen LogP contribution in [0.5, 0.6) is 0 Å². The summed E-state index contributed by atoms with van der Waals surface area (Å²) in [6.45, 7) is 2.23. The van der Waals surface area contributed by atoms with Gasteiger partial charge in [0.25, 0.3) is 0 Å². The molecule has 0 unspecified atom stereocenters. The van der Waals surface area contributed by atoms with E-state index in [-0.39, 0.29) is 36.0 Å². The van der Waals surface area contributed by atoms with Crippen LogP contribution in [0.25, 0.3) is 0 Å². The van der Waals surface area contributed by atoms with Crippen LogP contribution in [0.3, 0.4) is 0 Å². The first kappa shape index (κ1) is 22.6. The summed E-state index contributed by atoms with van der Waals surface area (Å²) < 4.78 is 33.7. The SMILES string of the molecule is O=C(C[C@@H](c1ccc(F)cc1)c1ccsc1)Nc1cccc(F)c1CC[C@@H]1CNCCO1. The number of anilines is 1. The number of carbonyl (C=O) groups excluding carboxylic acids is 1. The molecular formula is C25H26F2N2O2S. The Morgan fingerprint density at radius 1 is 1.16 bits per heavy atom. The molecule has 1 fully saturated rings. The van der Waals surface area contributed by atoms with E-state index >= 15 is 0 Å². The molecule has 0 radical (unpaired) electrons. The van der Waals surface area contributed by atoms with Gasteiger partial charge >= 0.3 is 0 Å². The number of carbonyl (C=O) groups is 1. The Balaban J connectivity index is 1.47. The maximum absolute atomic E-state index is 14.6. The number of ether oxygens (including phenoxy) is 1. The summed E-state index contributed by atoms with van der Waals surface area (Å²) in [7, 11) is 0. The van der Waals surface area contributed by atoms with Crippen molar-refractivity contribution in [1.29, 1.82) is 0 Å². The molecule has 3 aromatic rings. The molecule has 1 aliphatic heterocycles. The molecule has 1 amide bonds. The highest BCUT2D eigenvalue weighted by Gasteiger charge is 2.21. The molecule has 4 rings (SSSR count). The molecule has 32 heavy (non-hydrogen) atoms. The van der Waals surface area contributed by atoms with Gasteiger partial charge in [-0.1, -0.05) is 18.2 Å². The first-order chi connectivity index (χ1) is 15.6. The lowest BCUT2D eigenvalue weighted by molar-refractivity contribution is -0.116. The summed E-state index contributed by atoms with van der Waals surface area (Å²) in [5, 5.41) is 10.1. The zero-order valence-electron chi connectivity index (χ0n) is 17.7. The molecule has 0 saturated carbocycles. The van der Waals surface area contributed by atoms with Gasteiger partial charge in [-0.05, 0) is 65.1 Å². The fourth-order valence-corrected chi connectivity index (χ4v) is 4.74. The number of rotatable bonds is 8. The van der Waals surface area contributed by atoms with Gasteiger partial charge < -0.3 is 15.4 Å². The van der Waals surface area contributed by atoms with E-state index in [0.29, 0.717) is 30.7 Å². The second-order valence-corrected chi connectivity index (χ2v) is 8.69. The van der Waals surface area contributed by atoms with E-state index in [9.17, 15) is 13.6 Å². The van der Waals surface area contributed by atoms with Crippen LogP contribution in [0.15, 0.2) is 59.3 Å². The summed E-state index contributed by atoms with van der Waals surface area (Å²) in [6.07, 6.45) is 1.35. The predicted octanol–water partition coefficient (Wildman–Crippen LogP) is 5.11. The Kier molecular flexibility index (Phi) is 7.63. The van der Waals surface area contributed by atoms with E-state index in [1.165, 1.54) is 18.2 Å². The topological polar surface area (TPSA) is 50.4 Å². The molecule has 2 aromatic carbocycles. The van der Waals surface area contributed by atoms with Gasteiger partial charge in [0.15, 0.2) is 0 Å². The second kappa shape index (κ2) is 10.8. The molecular weight excluding hydrogens is 430 g/mol. The second-order valence-electron chi connectivity index (χ2n) is 7.91. The molecule has 2 atom stereocenters. The fraction of sp³-hybridized carbons (Fsp3) is 0.320. The highest BCUT2D eigenvalue weighted by Crippen LogP contribution is 2.31. The molecule has 1 aromatic heterocycles.